The summed E-state index contributed by atoms with van der Waals surface area (Å²) in [5.74, 6) is 0.883. The van der Waals surface area contributed by atoms with Gasteiger partial charge in [-0.2, -0.15) is 5.10 Å². The monoisotopic (exact) mass is 342 g/mol. The van der Waals surface area contributed by atoms with E-state index >= 15 is 0 Å². The third kappa shape index (κ3) is 4.95. The summed E-state index contributed by atoms with van der Waals surface area (Å²) < 4.78 is 24.7. The number of nitrogens with zero attached hydrogens (tertiary/aromatic N) is 2. The van der Waals surface area contributed by atoms with Gasteiger partial charge < -0.3 is 10.6 Å². The van der Waals surface area contributed by atoms with E-state index in [1.807, 2.05) is 11.6 Å². The van der Waals surface area contributed by atoms with E-state index in [-0.39, 0.29) is 23.5 Å². The van der Waals surface area contributed by atoms with E-state index in [2.05, 4.69) is 29.6 Å². The highest BCUT2D eigenvalue weighted by molar-refractivity contribution is 7.91. The molecule has 2 heterocycles. The molecule has 2 N–H and O–H groups in total. The van der Waals surface area contributed by atoms with E-state index in [1.54, 1.807) is 6.20 Å². The van der Waals surface area contributed by atoms with E-state index in [1.165, 1.54) is 0 Å². The number of carbonyl (C=O) groups excluding carboxylic acids is 1. The number of carbonyl (C=O) groups is 1. The second-order valence-corrected chi connectivity index (χ2v) is 8.77. The Balaban J connectivity index is 1.89. The highest BCUT2D eigenvalue weighted by Crippen LogP contribution is 2.18. The molecular formula is C15H26N4O3S. The van der Waals surface area contributed by atoms with E-state index in [4.69, 9.17) is 0 Å². The number of hydrogen-bond donors (Lipinski definition) is 2. The number of amides is 2. The Bertz CT molecular complexity index is 652. The zero-order valence-electron chi connectivity index (χ0n) is 14.0. The third-order valence-electron chi connectivity index (χ3n) is 3.95. The molecule has 1 aliphatic rings. The Labute approximate surface area is 137 Å². The molecule has 1 aromatic heterocycles. The molecule has 0 aliphatic carbocycles. The number of hydrogen-bond acceptors (Lipinski definition) is 4. The van der Waals surface area contributed by atoms with Crippen LogP contribution in [0.1, 0.15) is 32.9 Å². The number of aromatic nitrogens is 2. The van der Waals surface area contributed by atoms with Gasteiger partial charge in [0.2, 0.25) is 0 Å². The lowest BCUT2D eigenvalue weighted by atomic mass is 10.1. The lowest BCUT2D eigenvalue weighted by Crippen LogP contribution is -2.33. The van der Waals surface area contributed by atoms with Crippen molar-refractivity contribution in [2.45, 2.75) is 40.2 Å². The van der Waals surface area contributed by atoms with Gasteiger partial charge in [-0.15, -0.1) is 0 Å². The van der Waals surface area contributed by atoms with E-state index in [9.17, 15) is 13.2 Å². The maximum absolute atomic E-state index is 12.0. The summed E-state index contributed by atoms with van der Waals surface area (Å²) in [5, 5.41) is 9.91. The molecule has 1 saturated heterocycles. The van der Waals surface area contributed by atoms with Crippen molar-refractivity contribution < 1.29 is 13.2 Å². The lowest BCUT2D eigenvalue weighted by molar-refractivity contribution is 0.250. The minimum Gasteiger partial charge on any atom is -0.338 e. The van der Waals surface area contributed by atoms with Crippen LogP contribution in [0.15, 0.2) is 6.20 Å². The zero-order valence-corrected chi connectivity index (χ0v) is 14.8. The molecule has 2 rings (SSSR count). The van der Waals surface area contributed by atoms with Crippen molar-refractivity contribution in [3.63, 3.8) is 0 Å². The van der Waals surface area contributed by atoms with Gasteiger partial charge in [-0.05, 0) is 24.7 Å². The quantitative estimate of drug-likeness (QED) is 0.822. The molecule has 7 nitrogen and oxygen atoms in total. The second-order valence-electron chi connectivity index (χ2n) is 6.54. The van der Waals surface area contributed by atoms with E-state index in [0.29, 0.717) is 24.6 Å². The van der Waals surface area contributed by atoms with Crippen molar-refractivity contribution in [2.75, 3.05) is 23.4 Å². The summed E-state index contributed by atoms with van der Waals surface area (Å²) >= 11 is 0. The number of anilines is 1. The van der Waals surface area contributed by atoms with Gasteiger partial charge in [-0.25, -0.2) is 13.2 Å². The number of urea groups is 1. The Morgan fingerprint density at radius 3 is 2.78 bits per heavy atom. The van der Waals surface area contributed by atoms with Gasteiger partial charge in [0.1, 0.15) is 0 Å². The highest BCUT2D eigenvalue weighted by Gasteiger charge is 2.28. The molecule has 0 bridgehead atoms. The molecule has 130 valence electrons. The van der Waals surface area contributed by atoms with Crippen molar-refractivity contribution in [3.8, 4) is 0 Å². The molecule has 0 saturated carbocycles. The van der Waals surface area contributed by atoms with Gasteiger partial charge in [-0.3, -0.25) is 4.68 Å². The van der Waals surface area contributed by atoms with Gasteiger partial charge in [0.05, 0.1) is 29.1 Å². The van der Waals surface area contributed by atoms with Crippen LogP contribution in [-0.2, 0) is 22.8 Å². The molecule has 0 unspecified atom stereocenters. The first-order valence-corrected chi connectivity index (χ1v) is 9.92. The van der Waals surface area contributed by atoms with Crippen LogP contribution >= 0.6 is 0 Å². The van der Waals surface area contributed by atoms with Crippen LogP contribution in [0.4, 0.5) is 10.5 Å². The van der Waals surface area contributed by atoms with Crippen LogP contribution in [0.5, 0.6) is 0 Å². The number of nitrogens with one attached hydrogen (secondary N) is 2. The summed E-state index contributed by atoms with van der Waals surface area (Å²) in [7, 11) is -2.91. The Kier molecular flexibility index (Phi) is 5.67. The van der Waals surface area contributed by atoms with Crippen molar-refractivity contribution in [3.05, 3.63) is 11.9 Å². The molecular weight excluding hydrogens is 316 g/mol. The van der Waals surface area contributed by atoms with Gasteiger partial charge >= 0.3 is 6.03 Å². The summed E-state index contributed by atoms with van der Waals surface area (Å²) in [6, 6.07) is -0.312. The average Bonchev–Trinajstić information content (AvgIpc) is 2.99. The summed E-state index contributed by atoms with van der Waals surface area (Å²) in [4.78, 5) is 12.0. The van der Waals surface area contributed by atoms with Crippen LogP contribution in [0.3, 0.4) is 0 Å². The standard InChI is InChI=1S/C15H26N4O3S/c1-4-14-13(8-17-19(14)9-11(2)3)18-15(20)16-7-12-5-6-23(21,22)10-12/h8,11-12H,4-7,9-10H2,1-3H3,(H2,16,18,20)/t12-/m0/s1. The molecule has 0 spiro atoms. The first-order chi connectivity index (χ1) is 10.8. The van der Waals surface area contributed by atoms with Gasteiger partial charge in [-0.1, -0.05) is 20.8 Å². The topological polar surface area (TPSA) is 93.1 Å². The SMILES string of the molecule is CCc1c(NC(=O)NC[C@@H]2CCS(=O)(=O)C2)cnn1CC(C)C. The third-order valence-corrected chi connectivity index (χ3v) is 5.78. The van der Waals surface area contributed by atoms with Gasteiger partial charge in [0.25, 0.3) is 0 Å². The smallest absolute Gasteiger partial charge is 0.319 e. The number of rotatable bonds is 6. The summed E-state index contributed by atoms with van der Waals surface area (Å²) in [6.07, 6.45) is 3.07. The van der Waals surface area contributed by atoms with Crippen LogP contribution < -0.4 is 10.6 Å². The lowest BCUT2D eigenvalue weighted by Gasteiger charge is -2.12. The van der Waals surface area contributed by atoms with E-state index < -0.39 is 9.84 Å². The Morgan fingerprint density at radius 2 is 2.22 bits per heavy atom. The normalized spacial score (nSPS) is 19.9. The van der Waals surface area contributed by atoms with Crippen LogP contribution in [0, 0.1) is 11.8 Å². The Morgan fingerprint density at radius 1 is 1.48 bits per heavy atom. The molecule has 1 atom stereocenters. The predicted octanol–water partition coefficient (Wildman–Crippen LogP) is 1.66. The molecule has 2 amide bonds. The molecule has 8 heteroatoms. The van der Waals surface area contributed by atoms with Crippen molar-refractivity contribution >= 4 is 21.6 Å². The second kappa shape index (κ2) is 7.33. The molecule has 23 heavy (non-hydrogen) atoms. The summed E-state index contributed by atoms with van der Waals surface area (Å²) in [6.45, 7) is 7.46. The minimum atomic E-state index is -2.91. The number of sulfone groups is 1. The van der Waals surface area contributed by atoms with Crippen molar-refractivity contribution in [1.29, 1.82) is 0 Å². The average molecular weight is 342 g/mol. The first kappa shape index (κ1) is 17.8. The first-order valence-electron chi connectivity index (χ1n) is 8.10. The van der Waals surface area contributed by atoms with Crippen LogP contribution in [0.2, 0.25) is 0 Å². The molecule has 1 aromatic rings. The van der Waals surface area contributed by atoms with Crippen molar-refractivity contribution in [2.24, 2.45) is 11.8 Å². The fraction of sp³-hybridized carbons (Fsp3) is 0.733. The molecule has 0 radical (unpaired) electrons. The summed E-state index contributed by atoms with van der Waals surface area (Å²) in [5.41, 5.74) is 1.71. The fourth-order valence-electron chi connectivity index (χ4n) is 2.83. The Hall–Kier alpha value is -1.57. The van der Waals surface area contributed by atoms with Crippen LogP contribution in [-0.4, -0.2) is 42.3 Å². The zero-order chi connectivity index (χ0) is 17.0. The van der Waals surface area contributed by atoms with Gasteiger partial charge in [0, 0.05) is 13.1 Å². The fourth-order valence-corrected chi connectivity index (χ4v) is 4.69. The molecule has 1 fully saturated rings. The maximum Gasteiger partial charge on any atom is 0.319 e. The van der Waals surface area contributed by atoms with E-state index in [0.717, 1.165) is 18.7 Å². The highest BCUT2D eigenvalue weighted by atomic mass is 32.2. The van der Waals surface area contributed by atoms with Crippen LogP contribution in [0.25, 0.3) is 0 Å². The molecule has 1 aliphatic heterocycles. The molecule has 0 aromatic carbocycles. The largest absolute Gasteiger partial charge is 0.338 e. The van der Waals surface area contributed by atoms with Crippen molar-refractivity contribution in [1.82, 2.24) is 15.1 Å². The minimum absolute atomic E-state index is 0.0139. The predicted molar refractivity (Wildman–Crippen MR) is 90.2 cm³/mol. The van der Waals surface area contributed by atoms with Gasteiger partial charge in [0.15, 0.2) is 9.84 Å². The maximum atomic E-state index is 12.0.